The Labute approximate surface area is 199 Å². The Morgan fingerprint density at radius 1 is 1.17 bits per heavy atom. The van der Waals surface area contributed by atoms with Crippen LogP contribution < -0.4 is 10.6 Å². The molecule has 3 rings (SSSR count). The van der Waals surface area contributed by atoms with Crippen LogP contribution in [0.5, 0.6) is 0 Å². The largest absolute Gasteiger partial charge is 0.469 e. The fourth-order valence-electron chi connectivity index (χ4n) is 4.35. The quantitative estimate of drug-likeness (QED) is 0.278. The second-order valence-electron chi connectivity index (χ2n) is 8.29. The van der Waals surface area contributed by atoms with Crippen molar-refractivity contribution in [3.8, 4) is 0 Å². The standard InChI is InChI=1S/C23H39N3O3.HI/c1-3-18(4-2)22-16-19(11-15-29-22)26-23(24-12-10-20-9-7-14-27-20)25-17-21-8-5-6-13-28-21;/h7,9,14,18-19,21-22H,3-6,8,10-13,15-17H2,1-2H3,(H2,24,25,26);1H. The molecule has 2 aliphatic rings. The summed E-state index contributed by atoms with van der Waals surface area (Å²) in [6.45, 7) is 7.74. The summed E-state index contributed by atoms with van der Waals surface area (Å²) in [6, 6.07) is 4.35. The molecule has 3 unspecified atom stereocenters. The maximum atomic E-state index is 6.09. The normalized spacial score (nSPS) is 25.0. The first kappa shape index (κ1) is 25.5. The molecule has 3 heterocycles. The summed E-state index contributed by atoms with van der Waals surface area (Å²) in [4.78, 5) is 4.87. The number of rotatable bonds is 9. The van der Waals surface area contributed by atoms with E-state index in [0.29, 0.717) is 18.1 Å². The van der Waals surface area contributed by atoms with Gasteiger partial charge in [-0.25, -0.2) is 0 Å². The molecule has 0 aromatic carbocycles. The molecule has 0 bridgehead atoms. The smallest absolute Gasteiger partial charge is 0.191 e. The molecular weight excluding hydrogens is 493 g/mol. The van der Waals surface area contributed by atoms with Crippen LogP contribution in [0.4, 0.5) is 0 Å². The minimum Gasteiger partial charge on any atom is -0.469 e. The minimum absolute atomic E-state index is 0. The van der Waals surface area contributed by atoms with Crippen molar-refractivity contribution in [2.24, 2.45) is 10.9 Å². The van der Waals surface area contributed by atoms with Crippen LogP contribution in [0.3, 0.4) is 0 Å². The van der Waals surface area contributed by atoms with Crippen LogP contribution >= 0.6 is 24.0 Å². The first-order valence-corrected chi connectivity index (χ1v) is 11.6. The van der Waals surface area contributed by atoms with Gasteiger partial charge in [-0.2, -0.15) is 0 Å². The first-order valence-electron chi connectivity index (χ1n) is 11.6. The average Bonchev–Trinajstić information content (AvgIpc) is 3.27. The third-order valence-electron chi connectivity index (χ3n) is 6.20. The average molecular weight is 533 g/mol. The molecule has 0 amide bonds. The number of hydrogen-bond acceptors (Lipinski definition) is 4. The van der Waals surface area contributed by atoms with Crippen molar-refractivity contribution < 1.29 is 13.9 Å². The summed E-state index contributed by atoms with van der Waals surface area (Å²) >= 11 is 0. The number of hydrogen-bond donors (Lipinski definition) is 2. The van der Waals surface area contributed by atoms with E-state index in [1.807, 2.05) is 12.1 Å². The lowest BCUT2D eigenvalue weighted by molar-refractivity contribution is -0.0324. The molecule has 6 nitrogen and oxygen atoms in total. The zero-order valence-corrected chi connectivity index (χ0v) is 20.9. The molecule has 1 aromatic rings. The highest BCUT2D eigenvalue weighted by molar-refractivity contribution is 14.0. The van der Waals surface area contributed by atoms with E-state index < -0.39 is 0 Å². The third-order valence-corrected chi connectivity index (χ3v) is 6.20. The summed E-state index contributed by atoms with van der Waals surface area (Å²) in [5, 5.41) is 7.18. The Morgan fingerprint density at radius 3 is 2.73 bits per heavy atom. The van der Waals surface area contributed by atoms with E-state index >= 15 is 0 Å². The van der Waals surface area contributed by atoms with E-state index in [2.05, 4.69) is 24.5 Å². The van der Waals surface area contributed by atoms with Crippen molar-refractivity contribution in [2.75, 3.05) is 26.3 Å². The summed E-state index contributed by atoms with van der Waals surface area (Å²) in [7, 11) is 0. The van der Waals surface area contributed by atoms with E-state index in [1.165, 1.54) is 25.7 Å². The summed E-state index contributed by atoms with van der Waals surface area (Å²) in [5.41, 5.74) is 0. The van der Waals surface area contributed by atoms with Crippen LogP contribution in [-0.2, 0) is 15.9 Å². The molecule has 0 spiro atoms. The summed E-state index contributed by atoms with van der Waals surface area (Å²) in [6.07, 6.45) is 11.1. The maximum Gasteiger partial charge on any atom is 0.191 e. The lowest BCUT2D eigenvalue weighted by Gasteiger charge is -2.35. The highest BCUT2D eigenvalue weighted by atomic mass is 127. The van der Waals surface area contributed by atoms with Gasteiger partial charge in [-0.05, 0) is 50.2 Å². The van der Waals surface area contributed by atoms with Gasteiger partial charge < -0.3 is 24.5 Å². The topological polar surface area (TPSA) is 68.0 Å². The van der Waals surface area contributed by atoms with Crippen molar-refractivity contribution in [1.82, 2.24) is 10.6 Å². The zero-order valence-electron chi connectivity index (χ0n) is 18.6. The maximum absolute atomic E-state index is 6.09. The zero-order chi connectivity index (χ0) is 20.3. The van der Waals surface area contributed by atoms with Gasteiger partial charge in [-0.1, -0.05) is 26.7 Å². The van der Waals surface area contributed by atoms with Crippen LogP contribution in [0.2, 0.25) is 0 Å². The highest BCUT2D eigenvalue weighted by Gasteiger charge is 2.28. The minimum atomic E-state index is 0. The number of halogens is 1. The van der Waals surface area contributed by atoms with Crippen molar-refractivity contribution in [1.29, 1.82) is 0 Å². The van der Waals surface area contributed by atoms with E-state index in [9.17, 15) is 0 Å². The molecule has 30 heavy (non-hydrogen) atoms. The van der Waals surface area contributed by atoms with Crippen molar-refractivity contribution in [3.05, 3.63) is 24.2 Å². The molecule has 1 aromatic heterocycles. The fraction of sp³-hybridized carbons (Fsp3) is 0.783. The Bertz CT molecular complexity index is 587. The second-order valence-corrected chi connectivity index (χ2v) is 8.29. The third kappa shape index (κ3) is 8.38. The lowest BCUT2D eigenvalue weighted by Crippen LogP contribution is -2.49. The SMILES string of the molecule is CCC(CC)C1CC(NC(=NCC2CCCCO2)NCCc2ccco2)CCO1.I. The van der Waals surface area contributed by atoms with Crippen molar-refractivity contribution >= 4 is 29.9 Å². The molecule has 7 heteroatoms. The van der Waals surface area contributed by atoms with Crippen LogP contribution in [-0.4, -0.2) is 50.5 Å². The van der Waals surface area contributed by atoms with E-state index in [1.54, 1.807) is 6.26 Å². The Kier molecular flexibility index (Phi) is 12.1. The molecule has 3 atom stereocenters. The lowest BCUT2D eigenvalue weighted by atomic mass is 9.89. The summed E-state index contributed by atoms with van der Waals surface area (Å²) < 4.78 is 17.4. The number of ether oxygens (including phenoxy) is 2. The van der Waals surface area contributed by atoms with Gasteiger partial charge in [0, 0.05) is 32.2 Å². The highest BCUT2D eigenvalue weighted by Crippen LogP contribution is 2.25. The number of furan rings is 1. The fourth-order valence-corrected chi connectivity index (χ4v) is 4.35. The van der Waals surface area contributed by atoms with E-state index in [-0.39, 0.29) is 30.1 Å². The number of nitrogens with zero attached hydrogens (tertiary/aromatic N) is 1. The van der Waals surface area contributed by atoms with Crippen LogP contribution in [0.25, 0.3) is 0 Å². The Morgan fingerprint density at radius 2 is 2.03 bits per heavy atom. The Hall–Kier alpha value is -0.800. The molecule has 2 N–H and O–H groups in total. The monoisotopic (exact) mass is 533 g/mol. The van der Waals surface area contributed by atoms with E-state index in [0.717, 1.165) is 63.7 Å². The Balaban J connectivity index is 0.00000320. The molecule has 2 aliphatic heterocycles. The molecule has 2 saturated heterocycles. The molecule has 0 aliphatic carbocycles. The van der Waals surface area contributed by atoms with Gasteiger partial charge in [-0.15, -0.1) is 24.0 Å². The van der Waals surface area contributed by atoms with Gasteiger partial charge in [0.2, 0.25) is 0 Å². The first-order chi connectivity index (χ1) is 14.3. The number of nitrogens with one attached hydrogen (secondary N) is 2. The molecular formula is C23H40IN3O3. The van der Waals surface area contributed by atoms with Gasteiger partial charge >= 0.3 is 0 Å². The predicted octanol–water partition coefficient (Wildman–Crippen LogP) is 4.53. The van der Waals surface area contributed by atoms with Gasteiger partial charge in [0.25, 0.3) is 0 Å². The van der Waals surface area contributed by atoms with Gasteiger partial charge in [0.15, 0.2) is 5.96 Å². The van der Waals surface area contributed by atoms with E-state index in [4.69, 9.17) is 18.9 Å². The molecule has 172 valence electrons. The molecule has 0 saturated carbocycles. The van der Waals surface area contributed by atoms with Crippen LogP contribution in [0, 0.1) is 5.92 Å². The predicted molar refractivity (Wildman–Crippen MR) is 132 cm³/mol. The van der Waals surface area contributed by atoms with Crippen molar-refractivity contribution in [2.45, 2.75) is 83.5 Å². The second kappa shape index (κ2) is 14.3. The van der Waals surface area contributed by atoms with Crippen LogP contribution in [0.1, 0.15) is 64.6 Å². The summed E-state index contributed by atoms with van der Waals surface area (Å²) in [5.74, 6) is 2.52. The van der Waals surface area contributed by atoms with Gasteiger partial charge in [0.1, 0.15) is 5.76 Å². The molecule has 2 fully saturated rings. The van der Waals surface area contributed by atoms with Gasteiger partial charge in [-0.3, -0.25) is 4.99 Å². The molecule has 0 radical (unpaired) electrons. The number of aliphatic imine (C=N–C) groups is 1. The van der Waals surface area contributed by atoms with Gasteiger partial charge in [0.05, 0.1) is 25.0 Å². The number of guanidine groups is 1. The van der Waals surface area contributed by atoms with Crippen molar-refractivity contribution in [3.63, 3.8) is 0 Å². The van der Waals surface area contributed by atoms with Crippen LogP contribution in [0.15, 0.2) is 27.8 Å².